The maximum Gasteiger partial charge on any atom is 0.242 e. The number of fused-ring (bicyclic) bond motifs is 1. The first-order chi connectivity index (χ1) is 15.2. The highest BCUT2D eigenvalue weighted by Gasteiger charge is 2.35. The Balaban J connectivity index is 1.21. The van der Waals surface area contributed by atoms with Crippen molar-refractivity contribution in [3.05, 3.63) is 54.1 Å². The van der Waals surface area contributed by atoms with Gasteiger partial charge >= 0.3 is 0 Å². The minimum atomic E-state index is -0.306. The number of nitrogens with one attached hydrogen (secondary N) is 2. The highest BCUT2D eigenvalue weighted by molar-refractivity contribution is 5.93. The highest BCUT2D eigenvalue weighted by Crippen LogP contribution is 2.35. The molecule has 0 spiro atoms. The van der Waals surface area contributed by atoms with Crippen molar-refractivity contribution in [3.63, 3.8) is 0 Å². The van der Waals surface area contributed by atoms with Crippen LogP contribution in [0.4, 0.5) is 5.69 Å². The van der Waals surface area contributed by atoms with Gasteiger partial charge in [0.05, 0.1) is 0 Å². The molecule has 3 aliphatic rings. The number of carbonyl (C=O) groups is 2. The van der Waals surface area contributed by atoms with Gasteiger partial charge in [-0.25, -0.2) is 0 Å². The fourth-order valence-corrected chi connectivity index (χ4v) is 4.31. The van der Waals surface area contributed by atoms with Gasteiger partial charge in [-0.2, -0.15) is 0 Å². The zero-order valence-corrected chi connectivity index (χ0v) is 17.4. The fraction of sp³-hybridized carbons (Fsp3) is 0.417. The van der Waals surface area contributed by atoms with Gasteiger partial charge in [0.15, 0.2) is 11.5 Å². The molecule has 1 saturated heterocycles. The summed E-state index contributed by atoms with van der Waals surface area (Å²) in [5.41, 5.74) is 1.71. The Bertz CT molecular complexity index is 953. The highest BCUT2D eigenvalue weighted by atomic mass is 16.7. The number of nitrogens with zero attached hydrogens (tertiary/aromatic N) is 1. The molecule has 2 fully saturated rings. The van der Waals surface area contributed by atoms with Crippen LogP contribution in [-0.2, 0) is 9.59 Å². The van der Waals surface area contributed by atoms with Gasteiger partial charge in [0, 0.05) is 23.7 Å². The second kappa shape index (κ2) is 8.59. The number of likely N-dealkylation sites (tertiary alicyclic amines) is 1. The molecule has 162 valence electrons. The van der Waals surface area contributed by atoms with E-state index in [1.807, 2.05) is 42.5 Å². The number of hydrogen-bond donors (Lipinski definition) is 2. The first-order valence-corrected chi connectivity index (χ1v) is 11.0. The SMILES string of the molecule is O=C(Nc1ccc2c(c1)OCO2)C1CCN([C@H](C(=O)NC2CC2)c2ccccc2)CC1. The van der Waals surface area contributed by atoms with Gasteiger partial charge in [-0.1, -0.05) is 30.3 Å². The fourth-order valence-electron chi connectivity index (χ4n) is 4.31. The predicted octanol–water partition coefficient (Wildman–Crippen LogP) is 3.09. The summed E-state index contributed by atoms with van der Waals surface area (Å²) < 4.78 is 10.7. The van der Waals surface area contributed by atoms with E-state index in [1.54, 1.807) is 6.07 Å². The number of hydrogen-bond acceptors (Lipinski definition) is 5. The molecule has 1 aliphatic carbocycles. The number of rotatable bonds is 6. The molecule has 2 aromatic rings. The van der Waals surface area contributed by atoms with E-state index in [4.69, 9.17) is 9.47 Å². The quantitative estimate of drug-likeness (QED) is 0.749. The third kappa shape index (κ3) is 4.51. The molecule has 0 bridgehead atoms. The molecule has 0 radical (unpaired) electrons. The van der Waals surface area contributed by atoms with Gasteiger partial charge in [-0.3, -0.25) is 14.5 Å². The first kappa shape index (κ1) is 19.9. The molecule has 1 saturated carbocycles. The molecule has 5 rings (SSSR count). The van der Waals surface area contributed by atoms with E-state index in [0.29, 0.717) is 36.3 Å². The summed E-state index contributed by atoms with van der Waals surface area (Å²) in [6.07, 6.45) is 3.57. The van der Waals surface area contributed by atoms with Gasteiger partial charge in [0.1, 0.15) is 6.04 Å². The average Bonchev–Trinajstić information content (AvgIpc) is 3.48. The van der Waals surface area contributed by atoms with Crippen LogP contribution < -0.4 is 20.1 Å². The van der Waals surface area contributed by atoms with Crippen molar-refractivity contribution in [2.24, 2.45) is 5.92 Å². The standard InChI is InChI=1S/C24H27N3O4/c28-23(26-19-8-9-20-21(14-19)31-15-30-20)17-10-12-27(13-11-17)22(16-4-2-1-3-5-16)24(29)25-18-6-7-18/h1-5,8-9,14,17-18,22H,6-7,10-13,15H2,(H,25,29)(H,26,28)/t22-/m0/s1. The summed E-state index contributed by atoms with van der Waals surface area (Å²) in [6, 6.07) is 15.4. The van der Waals surface area contributed by atoms with Crippen LogP contribution in [0.5, 0.6) is 11.5 Å². The largest absolute Gasteiger partial charge is 0.454 e. The van der Waals surface area contributed by atoms with E-state index in [2.05, 4.69) is 15.5 Å². The van der Waals surface area contributed by atoms with E-state index < -0.39 is 0 Å². The molecule has 1 atom stereocenters. The Labute approximate surface area is 181 Å². The monoisotopic (exact) mass is 421 g/mol. The van der Waals surface area contributed by atoms with Crippen LogP contribution in [-0.4, -0.2) is 42.6 Å². The number of piperidine rings is 1. The predicted molar refractivity (Wildman–Crippen MR) is 116 cm³/mol. The van der Waals surface area contributed by atoms with E-state index in [-0.39, 0.29) is 30.6 Å². The van der Waals surface area contributed by atoms with Gasteiger partial charge < -0.3 is 20.1 Å². The number of ether oxygens (including phenoxy) is 2. The van der Waals surface area contributed by atoms with Crippen LogP contribution in [0.2, 0.25) is 0 Å². The number of anilines is 1. The lowest BCUT2D eigenvalue weighted by Crippen LogP contribution is -2.46. The first-order valence-electron chi connectivity index (χ1n) is 11.0. The van der Waals surface area contributed by atoms with Crippen molar-refractivity contribution >= 4 is 17.5 Å². The van der Waals surface area contributed by atoms with Crippen molar-refractivity contribution in [3.8, 4) is 11.5 Å². The van der Waals surface area contributed by atoms with Crippen LogP contribution in [0.15, 0.2) is 48.5 Å². The Morgan fingerprint density at radius 2 is 1.68 bits per heavy atom. The minimum Gasteiger partial charge on any atom is -0.454 e. The third-order valence-corrected chi connectivity index (χ3v) is 6.19. The number of amides is 2. The summed E-state index contributed by atoms with van der Waals surface area (Å²) in [5, 5.41) is 6.16. The second-order valence-corrected chi connectivity index (χ2v) is 8.46. The molecule has 7 nitrogen and oxygen atoms in total. The van der Waals surface area contributed by atoms with Gasteiger partial charge in [0.25, 0.3) is 0 Å². The second-order valence-electron chi connectivity index (χ2n) is 8.46. The van der Waals surface area contributed by atoms with E-state index in [9.17, 15) is 9.59 Å². The third-order valence-electron chi connectivity index (χ3n) is 6.19. The van der Waals surface area contributed by atoms with Crippen LogP contribution in [0.1, 0.15) is 37.3 Å². The van der Waals surface area contributed by atoms with E-state index in [0.717, 1.165) is 31.2 Å². The van der Waals surface area contributed by atoms with Gasteiger partial charge in [-0.15, -0.1) is 0 Å². The molecule has 31 heavy (non-hydrogen) atoms. The van der Waals surface area contributed by atoms with Crippen LogP contribution in [0.3, 0.4) is 0 Å². The summed E-state index contributed by atoms with van der Waals surface area (Å²) in [5.74, 6) is 1.35. The van der Waals surface area contributed by atoms with Crippen LogP contribution in [0, 0.1) is 5.92 Å². The summed E-state index contributed by atoms with van der Waals surface area (Å²) in [6.45, 7) is 1.62. The summed E-state index contributed by atoms with van der Waals surface area (Å²) in [4.78, 5) is 28.0. The Morgan fingerprint density at radius 3 is 2.42 bits per heavy atom. The summed E-state index contributed by atoms with van der Waals surface area (Å²) in [7, 11) is 0. The molecule has 2 aliphatic heterocycles. The zero-order chi connectivity index (χ0) is 21.2. The lowest BCUT2D eigenvalue weighted by atomic mass is 9.93. The van der Waals surface area contributed by atoms with Crippen molar-refractivity contribution in [1.29, 1.82) is 0 Å². The Hall–Kier alpha value is -3.06. The van der Waals surface area contributed by atoms with Crippen LogP contribution in [0.25, 0.3) is 0 Å². The zero-order valence-electron chi connectivity index (χ0n) is 17.4. The molecule has 2 aromatic carbocycles. The molecular weight excluding hydrogens is 394 g/mol. The molecule has 0 unspecified atom stereocenters. The van der Waals surface area contributed by atoms with Gasteiger partial charge in [-0.05, 0) is 56.5 Å². The van der Waals surface area contributed by atoms with E-state index in [1.165, 1.54) is 0 Å². The lowest BCUT2D eigenvalue weighted by molar-refractivity contribution is -0.128. The molecule has 2 amide bonds. The number of benzene rings is 2. The Kier molecular flexibility index (Phi) is 5.51. The van der Waals surface area contributed by atoms with Gasteiger partial charge in [0.2, 0.25) is 18.6 Å². The van der Waals surface area contributed by atoms with E-state index >= 15 is 0 Å². The average molecular weight is 421 g/mol. The molecular formula is C24H27N3O4. The lowest BCUT2D eigenvalue weighted by Gasteiger charge is -2.36. The maximum atomic E-state index is 13.0. The van der Waals surface area contributed by atoms with Crippen molar-refractivity contribution in [1.82, 2.24) is 10.2 Å². The van der Waals surface area contributed by atoms with Crippen LogP contribution >= 0.6 is 0 Å². The topological polar surface area (TPSA) is 79.9 Å². The summed E-state index contributed by atoms with van der Waals surface area (Å²) >= 11 is 0. The Morgan fingerprint density at radius 1 is 0.935 bits per heavy atom. The maximum absolute atomic E-state index is 13.0. The molecule has 2 N–H and O–H groups in total. The van der Waals surface area contributed by atoms with Crippen molar-refractivity contribution < 1.29 is 19.1 Å². The normalized spacial score (nSPS) is 19.6. The smallest absolute Gasteiger partial charge is 0.242 e. The van der Waals surface area contributed by atoms with Crippen molar-refractivity contribution in [2.45, 2.75) is 37.8 Å². The molecule has 0 aromatic heterocycles. The molecule has 2 heterocycles. The number of carbonyl (C=O) groups excluding carboxylic acids is 2. The van der Waals surface area contributed by atoms with Crippen molar-refractivity contribution in [2.75, 3.05) is 25.2 Å². The minimum absolute atomic E-state index is 0.0113. The molecule has 7 heteroatoms.